The maximum atomic E-state index is 13.2. The van der Waals surface area contributed by atoms with Gasteiger partial charge in [-0.15, -0.1) is 0 Å². The van der Waals surface area contributed by atoms with Gasteiger partial charge in [-0.05, 0) is 89.9 Å². The molecule has 3 N–H and O–H groups in total. The summed E-state index contributed by atoms with van der Waals surface area (Å²) >= 11 is 0. The van der Waals surface area contributed by atoms with Gasteiger partial charge >= 0.3 is 23.9 Å². The molecule has 454 valence electrons. The zero-order chi connectivity index (χ0) is 57.5. The Morgan fingerprint density at radius 1 is 0.430 bits per heavy atom. The van der Waals surface area contributed by atoms with Gasteiger partial charge in [-0.3, -0.25) is 14.4 Å². The van der Waals surface area contributed by atoms with Crippen molar-refractivity contribution in [2.45, 2.75) is 314 Å². The summed E-state index contributed by atoms with van der Waals surface area (Å²) in [4.78, 5) is 51.2. The summed E-state index contributed by atoms with van der Waals surface area (Å²) in [5, 5.41) is 31.5. The number of ether oxygens (including phenoxy) is 5. The molecule has 0 aromatic carbocycles. The van der Waals surface area contributed by atoms with E-state index in [9.17, 15) is 34.5 Å². The molecule has 0 bridgehead atoms. The van der Waals surface area contributed by atoms with Crippen molar-refractivity contribution in [1.82, 2.24) is 0 Å². The van der Waals surface area contributed by atoms with E-state index in [2.05, 4.69) is 93.7 Å². The van der Waals surface area contributed by atoms with E-state index in [0.29, 0.717) is 19.3 Å². The molecule has 1 rings (SSSR count). The van der Waals surface area contributed by atoms with Gasteiger partial charge in [0, 0.05) is 19.3 Å². The van der Waals surface area contributed by atoms with Gasteiger partial charge in [-0.2, -0.15) is 0 Å². The summed E-state index contributed by atoms with van der Waals surface area (Å²) in [5.74, 6) is -3.16. The van der Waals surface area contributed by atoms with Crippen LogP contribution in [0.3, 0.4) is 0 Å². The fourth-order valence-corrected chi connectivity index (χ4v) is 9.39. The number of allylic oxidation sites excluding steroid dienone is 12. The first-order valence-electron chi connectivity index (χ1n) is 31.9. The van der Waals surface area contributed by atoms with Crippen molar-refractivity contribution in [3.05, 3.63) is 72.9 Å². The highest BCUT2D eigenvalue weighted by Crippen LogP contribution is 2.26. The minimum Gasteiger partial charge on any atom is -0.479 e. The van der Waals surface area contributed by atoms with E-state index < -0.39 is 67.3 Å². The average Bonchev–Trinajstić information content (AvgIpc) is 3.46. The lowest BCUT2D eigenvalue weighted by atomic mass is 9.98. The van der Waals surface area contributed by atoms with Crippen LogP contribution in [0.4, 0.5) is 0 Å². The number of hydrogen-bond donors (Lipinski definition) is 3. The van der Waals surface area contributed by atoms with Gasteiger partial charge in [-0.25, -0.2) is 4.79 Å². The molecule has 6 atom stereocenters. The quantitative estimate of drug-likeness (QED) is 0.0228. The number of rotatable bonds is 54. The summed E-state index contributed by atoms with van der Waals surface area (Å²) in [5.41, 5.74) is 0. The van der Waals surface area contributed by atoms with Gasteiger partial charge in [0.15, 0.2) is 24.6 Å². The van der Waals surface area contributed by atoms with Crippen molar-refractivity contribution in [2.24, 2.45) is 0 Å². The van der Waals surface area contributed by atoms with Gasteiger partial charge in [0.2, 0.25) is 0 Å². The number of carbonyl (C=O) groups is 4. The Morgan fingerprint density at radius 2 is 0.797 bits per heavy atom. The topological polar surface area (TPSA) is 175 Å². The number of carbonyl (C=O) groups excluding carboxylic acids is 3. The molecule has 0 spiro atoms. The molecule has 0 aromatic heterocycles. The van der Waals surface area contributed by atoms with Crippen molar-refractivity contribution >= 4 is 23.9 Å². The normalized spacial score (nSPS) is 18.3. The zero-order valence-corrected chi connectivity index (χ0v) is 50.1. The highest BCUT2D eigenvalue weighted by atomic mass is 16.7. The van der Waals surface area contributed by atoms with Crippen LogP contribution in [0.15, 0.2) is 72.9 Å². The van der Waals surface area contributed by atoms with Crippen LogP contribution in [0.5, 0.6) is 0 Å². The second kappa shape index (κ2) is 54.7. The van der Waals surface area contributed by atoms with Crippen molar-refractivity contribution in [1.29, 1.82) is 0 Å². The smallest absolute Gasteiger partial charge is 0.335 e. The summed E-state index contributed by atoms with van der Waals surface area (Å²) in [6, 6.07) is 0. The summed E-state index contributed by atoms with van der Waals surface area (Å²) in [7, 11) is 0. The predicted octanol–water partition coefficient (Wildman–Crippen LogP) is 16.9. The predicted molar refractivity (Wildman–Crippen MR) is 322 cm³/mol. The molecule has 0 saturated carbocycles. The molecule has 0 aromatic rings. The Hall–Kier alpha value is -3.84. The number of aliphatic carboxylic acids is 1. The highest BCUT2D eigenvalue weighted by Gasteiger charge is 2.50. The molecule has 79 heavy (non-hydrogen) atoms. The van der Waals surface area contributed by atoms with Crippen LogP contribution in [-0.4, -0.2) is 89.2 Å². The van der Waals surface area contributed by atoms with Gasteiger partial charge in [0.25, 0.3) is 0 Å². The summed E-state index contributed by atoms with van der Waals surface area (Å²) < 4.78 is 28.5. The van der Waals surface area contributed by atoms with Crippen LogP contribution in [0, 0.1) is 0 Å². The van der Waals surface area contributed by atoms with E-state index in [-0.39, 0.29) is 25.9 Å². The largest absolute Gasteiger partial charge is 0.479 e. The Labute approximate surface area is 480 Å². The van der Waals surface area contributed by atoms with Gasteiger partial charge in [-0.1, -0.05) is 241 Å². The van der Waals surface area contributed by atoms with E-state index in [1.807, 2.05) is 0 Å². The number of carboxylic acids is 1. The van der Waals surface area contributed by atoms with E-state index in [0.717, 1.165) is 109 Å². The maximum absolute atomic E-state index is 13.2. The molecule has 0 aliphatic carbocycles. The van der Waals surface area contributed by atoms with Crippen molar-refractivity contribution in [2.75, 3.05) is 13.2 Å². The van der Waals surface area contributed by atoms with Crippen LogP contribution in [0.25, 0.3) is 0 Å². The second-order valence-corrected chi connectivity index (χ2v) is 21.7. The Balaban J connectivity index is 2.68. The Kier molecular flexibility index (Phi) is 50.7. The third kappa shape index (κ3) is 44.5. The number of carboxylic acid groups (broad SMARTS) is 1. The van der Waals surface area contributed by atoms with E-state index in [4.69, 9.17) is 23.7 Å². The molecule has 1 aliphatic rings. The highest BCUT2D eigenvalue weighted by molar-refractivity contribution is 5.74. The number of aliphatic hydroxyl groups excluding tert-OH is 2. The first-order chi connectivity index (χ1) is 38.6. The molecule has 0 amide bonds. The van der Waals surface area contributed by atoms with Crippen molar-refractivity contribution in [3.8, 4) is 0 Å². The summed E-state index contributed by atoms with van der Waals surface area (Å²) in [6.45, 7) is 5.85. The number of unbranched alkanes of at least 4 members (excludes halogenated alkanes) is 28. The van der Waals surface area contributed by atoms with Gasteiger partial charge < -0.3 is 39.0 Å². The van der Waals surface area contributed by atoms with Crippen LogP contribution >= 0.6 is 0 Å². The minimum absolute atomic E-state index is 0.0234. The Morgan fingerprint density at radius 3 is 1.25 bits per heavy atom. The van der Waals surface area contributed by atoms with E-state index in [1.165, 1.54) is 109 Å². The van der Waals surface area contributed by atoms with Crippen molar-refractivity contribution in [3.63, 3.8) is 0 Å². The molecule has 1 aliphatic heterocycles. The summed E-state index contributed by atoms with van der Waals surface area (Å²) in [6.07, 6.45) is 57.2. The SMILES string of the molecule is CC/C=C\C/C=C\C/C=C\CCCCCC(=O)OC1C(OCC(COC(=O)CCCCCCCC/C=C\C/C=C\C/C=C\CCCCC)OC(=O)CCCCCCCCCCCCCCCCCCC)OC(C(=O)O)C(O)C1O. The van der Waals surface area contributed by atoms with Crippen LogP contribution < -0.4 is 0 Å². The number of esters is 3. The molecule has 6 unspecified atom stereocenters. The number of aliphatic hydroxyl groups is 2. The Bertz CT molecular complexity index is 1650. The van der Waals surface area contributed by atoms with Crippen LogP contribution in [-0.2, 0) is 42.9 Å². The maximum Gasteiger partial charge on any atom is 0.335 e. The first kappa shape index (κ1) is 73.2. The molecule has 1 heterocycles. The first-order valence-corrected chi connectivity index (χ1v) is 31.9. The average molecular weight is 1110 g/mol. The molecule has 0 radical (unpaired) electrons. The molecule has 12 nitrogen and oxygen atoms in total. The fourth-order valence-electron chi connectivity index (χ4n) is 9.39. The molecule has 1 saturated heterocycles. The third-order valence-corrected chi connectivity index (χ3v) is 14.3. The monoisotopic (exact) mass is 1110 g/mol. The molecule has 1 fully saturated rings. The van der Waals surface area contributed by atoms with Gasteiger partial charge in [0.1, 0.15) is 18.8 Å². The second-order valence-electron chi connectivity index (χ2n) is 21.7. The lowest BCUT2D eigenvalue weighted by molar-refractivity contribution is -0.301. The van der Waals surface area contributed by atoms with Gasteiger partial charge in [0.05, 0.1) is 6.61 Å². The van der Waals surface area contributed by atoms with Crippen LogP contribution in [0.2, 0.25) is 0 Å². The van der Waals surface area contributed by atoms with Crippen LogP contribution in [0.1, 0.15) is 278 Å². The zero-order valence-electron chi connectivity index (χ0n) is 50.1. The van der Waals surface area contributed by atoms with E-state index >= 15 is 0 Å². The van der Waals surface area contributed by atoms with Crippen molar-refractivity contribution < 1.29 is 58.2 Å². The lowest BCUT2D eigenvalue weighted by Crippen LogP contribution is -2.61. The third-order valence-electron chi connectivity index (χ3n) is 14.3. The molecular weight excluding hydrogens is 997 g/mol. The lowest BCUT2D eigenvalue weighted by Gasteiger charge is -2.40. The molecule has 12 heteroatoms. The fraction of sp³-hybridized carbons (Fsp3) is 0.761. The molecular formula is C67H114O12. The number of hydrogen-bond acceptors (Lipinski definition) is 11. The minimum atomic E-state index is -1.92. The standard InChI is InChI=1S/C67H114O12/c1-4-7-10-13-16-19-22-25-27-29-30-32-33-36-38-41-44-47-50-53-59(68)75-56-58(77-60(69)54-51-48-45-42-40-37-34-31-28-26-23-20-17-14-11-8-5-2)57-76-67-65(63(72)62(71)64(79-67)66(73)74)78-61(70)55-52-49-46-43-39-35-24-21-18-15-12-9-6-3/h9,12,16,18-19,21,25,27,30,32,35,39,58,62-65,67,71-72H,4-8,10-11,13-15,17,20,22-24,26,28-29,31,33-34,36-38,40-57H2,1-3H3,(H,73,74)/b12-9-,19-16-,21-18-,27-25-,32-30-,39-35-. The van der Waals surface area contributed by atoms with E-state index in [1.54, 1.807) is 0 Å².